The summed E-state index contributed by atoms with van der Waals surface area (Å²) in [6.07, 6.45) is 3.36. The number of hydrogen-bond donors (Lipinski definition) is 1. The van der Waals surface area contributed by atoms with E-state index >= 15 is 0 Å². The smallest absolute Gasteiger partial charge is 0.120 e. The summed E-state index contributed by atoms with van der Waals surface area (Å²) in [6, 6.07) is 14.4. The van der Waals surface area contributed by atoms with E-state index < -0.39 is 0 Å². The van der Waals surface area contributed by atoms with Crippen LogP contribution in [0.25, 0.3) is 0 Å². The first-order chi connectivity index (χ1) is 10.3. The molecule has 1 aliphatic rings. The van der Waals surface area contributed by atoms with Crippen molar-refractivity contribution in [2.24, 2.45) is 5.73 Å². The molecule has 3 heteroatoms. The number of rotatable bonds is 4. The fraction of sp³-hybridized carbons (Fsp3) is 0.333. The van der Waals surface area contributed by atoms with E-state index in [1.54, 1.807) is 7.11 Å². The van der Waals surface area contributed by atoms with Crippen molar-refractivity contribution in [3.8, 4) is 11.5 Å². The normalized spacial score (nSPS) is 17.1. The molecule has 3 rings (SSSR count). The van der Waals surface area contributed by atoms with Crippen LogP contribution in [0.15, 0.2) is 42.5 Å². The Morgan fingerprint density at radius 1 is 1.14 bits per heavy atom. The van der Waals surface area contributed by atoms with Crippen molar-refractivity contribution in [1.29, 1.82) is 0 Å². The van der Waals surface area contributed by atoms with Gasteiger partial charge in [-0.3, -0.25) is 0 Å². The van der Waals surface area contributed by atoms with Crippen molar-refractivity contribution in [2.45, 2.75) is 31.9 Å². The number of benzene rings is 2. The van der Waals surface area contributed by atoms with Crippen LogP contribution in [-0.2, 0) is 13.0 Å². The number of aryl methyl sites for hydroxylation is 1. The van der Waals surface area contributed by atoms with Crippen molar-refractivity contribution < 1.29 is 9.47 Å². The lowest BCUT2D eigenvalue weighted by atomic mass is 9.88. The topological polar surface area (TPSA) is 44.5 Å². The summed E-state index contributed by atoms with van der Waals surface area (Å²) in [5.74, 6) is 1.73. The Balaban J connectivity index is 1.72. The van der Waals surface area contributed by atoms with Gasteiger partial charge in [-0.1, -0.05) is 18.2 Å². The molecule has 0 bridgehead atoms. The molecule has 0 saturated heterocycles. The molecule has 2 aromatic rings. The van der Waals surface area contributed by atoms with Crippen LogP contribution in [0.5, 0.6) is 11.5 Å². The lowest BCUT2D eigenvalue weighted by molar-refractivity contribution is 0.304. The largest absolute Gasteiger partial charge is 0.497 e. The molecule has 2 aromatic carbocycles. The van der Waals surface area contributed by atoms with Crippen molar-refractivity contribution in [3.63, 3.8) is 0 Å². The van der Waals surface area contributed by atoms with Crippen LogP contribution in [0.1, 0.15) is 35.6 Å². The van der Waals surface area contributed by atoms with Gasteiger partial charge in [0.2, 0.25) is 0 Å². The van der Waals surface area contributed by atoms with Gasteiger partial charge in [-0.25, -0.2) is 0 Å². The molecule has 0 heterocycles. The average molecular weight is 283 g/mol. The zero-order chi connectivity index (χ0) is 14.7. The summed E-state index contributed by atoms with van der Waals surface area (Å²) in [5.41, 5.74) is 9.89. The maximum Gasteiger partial charge on any atom is 0.120 e. The zero-order valence-corrected chi connectivity index (χ0v) is 12.3. The Morgan fingerprint density at radius 2 is 2.05 bits per heavy atom. The standard InChI is InChI=1S/C18H21NO2/c1-20-15-6-2-4-13(10-15)12-21-16-9-8-14-5-3-7-18(19)17(14)11-16/h2,4,6,8-11,18H,3,5,7,12,19H2,1H3. The maximum atomic E-state index is 6.19. The van der Waals surface area contributed by atoms with Gasteiger partial charge in [0, 0.05) is 6.04 Å². The zero-order valence-electron chi connectivity index (χ0n) is 12.3. The van der Waals surface area contributed by atoms with E-state index in [0.717, 1.165) is 29.9 Å². The quantitative estimate of drug-likeness (QED) is 0.932. The number of ether oxygens (including phenoxy) is 2. The molecule has 1 unspecified atom stereocenters. The van der Waals surface area contributed by atoms with Crippen LogP contribution in [-0.4, -0.2) is 7.11 Å². The van der Waals surface area contributed by atoms with Gasteiger partial charge in [0.05, 0.1) is 7.11 Å². The highest BCUT2D eigenvalue weighted by Gasteiger charge is 2.17. The van der Waals surface area contributed by atoms with Crippen molar-refractivity contribution >= 4 is 0 Å². The van der Waals surface area contributed by atoms with Crippen molar-refractivity contribution in [3.05, 3.63) is 59.2 Å². The number of nitrogens with two attached hydrogens (primary N) is 1. The van der Waals surface area contributed by atoms with E-state index in [4.69, 9.17) is 15.2 Å². The van der Waals surface area contributed by atoms with Gasteiger partial charge in [0.1, 0.15) is 18.1 Å². The first-order valence-electron chi connectivity index (χ1n) is 7.40. The van der Waals surface area contributed by atoms with Gasteiger partial charge in [0.15, 0.2) is 0 Å². The van der Waals surface area contributed by atoms with Gasteiger partial charge in [-0.15, -0.1) is 0 Å². The fourth-order valence-corrected chi connectivity index (χ4v) is 2.83. The molecule has 0 spiro atoms. The third kappa shape index (κ3) is 3.19. The molecule has 1 aliphatic carbocycles. The van der Waals surface area contributed by atoms with E-state index in [1.807, 2.05) is 30.3 Å². The highest BCUT2D eigenvalue weighted by atomic mass is 16.5. The lowest BCUT2D eigenvalue weighted by Crippen LogP contribution is -2.17. The Bertz CT molecular complexity index is 624. The first-order valence-corrected chi connectivity index (χ1v) is 7.40. The highest BCUT2D eigenvalue weighted by Crippen LogP contribution is 2.31. The second-order valence-electron chi connectivity index (χ2n) is 5.50. The van der Waals surface area contributed by atoms with Gasteiger partial charge < -0.3 is 15.2 Å². The first kappa shape index (κ1) is 14.0. The molecule has 110 valence electrons. The highest BCUT2D eigenvalue weighted by molar-refractivity contribution is 5.39. The molecule has 0 fully saturated rings. The Hall–Kier alpha value is -2.00. The SMILES string of the molecule is COc1cccc(COc2ccc3c(c2)C(N)CCC3)c1. The van der Waals surface area contributed by atoms with Crippen LogP contribution in [0.3, 0.4) is 0 Å². The van der Waals surface area contributed by atoms with Crippen LogP contribution in [0.2, 0.25) is 0 Å². The summed E-state index contributed by atoms with van der Waals surface area (Å²) < 4.78 is 11.1. The van der Waals surface area contributed by atoms with Gasteiger partial charge in [-0.05, 0) is 60.2 Å². The molecule has 0 aliphatic heterocycles. The average Bonchev–Trinajstić information content (AvgIpc) is 2.54. The molecule has 0 radical (unpaired) electrons. The van der Waals surface area contributed by atoms with Crippen LogP contribution < -0.4 is 15.2 Å². The van der Waals surface area contributed by atoms with Gasteiger partial charge in [-0.2, -0.15) is 0 Å². The minimum atomic E-state index is 0.147. The number of methoxy groups -OCH3 is 1. The van der Waals surface area contributed by atoms with E-state index in [9.17, 15) is 0 Å². The third-order valence-electron chi connectivity index (χ3n) is 4.02. The lowest BCUT2D eigenvalue weighted by Gasteiger charge is -2.22. The molecule has 0 amide bonds. The Morgan fingerprint density at radius 3 is 2.90 bits per heavy atom. The number of fused-ring (bicyclic) bond motifs is 1. The summed E-state index contributed by atoms with van der Waals surface area (Å²) in [4.78, 5) is 0. The predicted molar refractivity (Wildman–Crippen MR) is 83.6 cm³/mol. The molecule has 3 nitrogen and oxygen atoms in total. The minimum Gasteiger partial charge on any atom is -0.497 e. The summed E-state index contributed by atoms with van der Waals surface area (Å²) in [7, 11) is 1.67. The van der Waals surface area contributed by atoms with Crippen LogP contribution >= 0.6 is 0 Å². The fourth-order valence-electron chi connectivity index (χ4n) is 2.83. The summed E-state index contributed by atoms with van der Waals surface area (Å²) in [5, 5.41) is 0. The molecule has 0 aromatic heterocycles. The molecule has 0 saturated carbocycles. The van der Waals surface area contributed by atoms with Gasteiger partial charge >= 0.3 is 0 Å². The second kappa shape index (κ2) is 6.19. The van der Waals surface area contributed by atoms with E-state index in [0.29, 0.717) is 6.61 Å². The molecule has 1 atom stereocenters. The minimum absolute atomic E-state index is 0.147. The second-order valence-corrected chi connectivity index (χ2v) is 5.50. The van der Waals surface area contributed by atoms with Crippen LogP contribution in [0.4, 0.5) is 0 Å². The Kier molecular flexibility index (Phi) is 4.11. The Labute approximate surface area is 125 Å². The molecular weight excluding hydrogens is 262 g/mol. The summed E-state index contributed by atoms with van der Waals surface area (Å²) >= 11 is 0. The third-order valence-corrected chi connectivity index (χ3v) is 4.02. The monoisotopic (exact) mass is 283 g/mol. The van der Waals surface area contributed by atoms with Gasteiger partial charge in [0.25, 0.3) is 0 Å². The maximum absolute atomic E-state index is 6.19. The molecule has 21 heavy (non-hydrogen) atoms. The van der Waals surface area contributed by atoms with E-state index in [2.05, 4.69) is 12.1 Å². The number of hydrogen-bond acceptors (Lipinski definition) is 3. The van der Waals surface area contributed by atoms with E-state index in [-0.39, 0.29) is 6.04 Å². The van der Waals surface area contributed by atoms with E-state index in [1.165, 1.54) is 17.5 Å². The van der Waals surface area contributed by atoms with Crippen LogP contribution in [0, 0.1) is 0 Å². The van der Waals surface area contributed by atoms with Crippen molar-refractivity contribution in [1.82, 2.24) is 0 Å². The molecular formula is C18H21NO2. The van der Waals surface area contributed by atoms with Crippen molar-refractivity contribution in [2.75, 3.05) is 7.11 Å². The summed E-state index contributed by atoms with van der Waals surface area (Å²) in [6.45, 7) is 0.533. The molecule has 2 N–H and O–H groups in total. The predicted octanol–water partition coefficient (Wildman–Crippen LogP) is 3.61.